The van der Waals surface area contributed by atoms with E-state index >= 15 is 0 Å². The molecule has 2 nitrogen and oxygen atoms in total. The Morgan fingerprint density at radius 1 is 1.55 bits per heavy atom. The molecule has 0 aliphatic heterocycles. The predicted octanol–water partition coefficient (Wildman–Crippen LogP) is 3.11. The van der Waals surface area contributed by atoms with Crippen molar-refractivity contribution in [2.24, 2.45) is 0 Å². The molecule has 0 atom stereocenters. The number of hydrogen-bond donors (Lipinski definition) is 1. The van der Waals surface area contributed by atoms with Crippen molar-refractivity contribution in [3.63, 3.8) is 0 Å². The molecule has 1 aromatic rings. The summed E-state index contributed by atoms with van der Waals surface area (Å²) in [5, 5.41) is 0.573. The van der Waals surface area contributed by atoms with Crippen molar-refractivity contribution >= 4 is 33.3 Å². The molecule has 0 fully saturated rings. The number of aromatic nitrogens is 1. The molecule has 0 bridgehead atoms. The number of nitrogens with zero attached hydrogens (tertiary/aromatic N) is 1. The van der Waals surface area contributed by atoms with Crippen LogP contribution < -0.4 is 5.73 Å². The maximum absolute atomic E-state index is 5.62. The van der Waals surface area contributed by atoms with Crippen LogP contribution in [0, 0.1) is 0 Å². The Bertz CT molecular complexity index is 228. The number of halogens is 2. The Morgan fingerprint density at radius 2 is 2.09 bits per heavy atom. The van der Waals surface area contributed by atoms with Gasteiger partial charge in [0.15, 0.2) is 0 Å². The first-order valence-electron chi connectivity index (χ1n) is 3.26. The van der Waals surface area contributed by atoms with Gasteiger partial charge < -0.3 is 5.73 Å². The van der Waals surface area contributed by atoms with Crippen LogP contribution in [0.15, 0.2) is 16.7 Å². The second kappa shape index (κ2) is 5.38. The highest BCUT2D eigenvalue weighted by Gasteiger charge is 1.94. The molecule has 0 aliphatic carbocycles. The predicted molar refractivity (Wildman–Crippen MR) is 52.7 cm³/mol. The number of rotatable bonds is 0. The van der Waals surface area contributed by atoms with Gasteiger partial charge in [0.2, 0.25) is 0 Å². The topological polar surface area (TPSA) is 38.9 Å². The summed E-state index contributed by atoms with van der Waals surface area (Å²) >= 11 is 8.81. The van der Waals surface area contributed by atoms with Gasteiger partial charge in [0.1, 0.15) is 5.82 Å². The Hall–Kier alpha value is -0.280. The minimum Gasteiger partial charge on any atom is -0.384 e. The first-order valence-corrected chi connectivity index (χ1v) is 4.44. The maximum Gasteiger partial charge on any atom is 0.124 e. The number of nitrogen functional groups attached to an aromatic ring is 1. The molecule has 0 spiro atoms. The molecule has 0 saturated heterocycles. The molecule has 1 rings (SSSR count). The van der Waals surface area contributed by atoms with Crippen LogP contribution in [0.25, 0.3) is 0 Å². The van der Waals surface area contributed by atoms with E-state index in [1.165, 1.54) is 6.20 Å². The van der Waals surface area contributed by atoms with Gasteiger partial charge in [-0.15, -0.1) is 0 Å². The number of anilines is 1. The molecule has 0 aromatic carbocycles. The van der Waals surface area contributed by atoms with E-state index in [-0.39, 0.29) is 0 Å². The molecule has 1 heterocycles. The van der Waals surface area contributed by atoms with E-state index in [0.717, 1.165) is 4.47 Å². The lowest BCUT2D eigenvalue weighted by Crippen LogP contribution is -1.87. The average molecular weight is 238 g/mol. The van der Waals surface area contributed by atoms with Crippen LogP contribution in [0.3, 0.4) is 0 Å². The smallest absolute Gasteiger partial charge is 0.124 e. The van der Waals surface area contributed by atoms with Crippen LogP contribution in [-0.4, -0.2) is 4.98 Å². The van der Waals surface area contributed by atoms with E-state index in [9.17, 15) is 0 Å². The summed E-state index contributed by atoms with van der Waals surface area (Å²) in [5.41, 5.74) is 5.33. The highest BCUT2D eigenvalue weighted by atomic mass is 79.9. The zero-order valence-corrected chi connectivity index (χ0v) is 8.78. The number of pyridine rings is 1. The van der Waals surface area contributed by atoms with Crippen molar-refractivity contribution in [1.29, 1.82) is 0 Å². The molecule has 0 radical (unpaired) electrons. The summed E-state index contributed by atoms with van der Waals surface area (Å²) in [6.07, 6.45) is 1.50. The third-order valence-electron chi connectivity index (χ3n) is 0.830. The molecule has 0 aliphatic rings. The fraction of sp³-hybridized carbons (Fsp3) is 0.286. The summed E-state index contributed by atoms with van der Waals surface area (Å²) in [6.45, 7) is 4.00. The third kappa shape index (κ3) is 3.58. The number of nitrogens with two attached hydrogens (primary N) is 1. The van der Waals surface area contributed by atoms with Crippen LogP contribution in [0.2, 0.25) is 5.02 Å². The van der Waals surface area contributed by atoms with Gasteiger partial charge >= 0.3 is 0 Å². The zero-order valence-electron chi connectivity index (χ0n) is 6.44. The normalized spacial score (nSPS) is 8.36. The molecule has 0 amide bonds. The minimum atomic E-state index is 0.464. The average Bonchev–Trinajstić information content (AvgIpc) is 2.02. The molecule has 0 saturated carbocycles. The summed E-state index contributed by atoms with van der Waals surface area (Å²) in [4.78, 5) is 3.76. The molecule has 1 aromatic heterocycles. The molecular weight excluding hydrogens is 227 g/mol. The van der Waals surface area contributed by atoms with Crippen LogP contribution in [0.5, 0.6) is 0 Å². The van der Waals surface area contributed by atoms with Crippen LogP contribution in [-0.2, 0) is 0 Å². The van der Waals surface area contributed by atoms with Crippen molar-refractivity contribution < 1.29 is 0 Å². The summed E-state index contributed by atoms with van der Waals surface area (Å²) in [5.74, 6) is 0.464. The zero-order chi connectivity index (χ0) is 8.85. The van der Waals surface area contributed by atoms with Gasteiger partial charge in [-0.1, -0.05) is 25.4 Å². The molecular formula is C7H10BrClN2. The van der Waals surface area contributed by atoms with E-state index < -0.39 is 0 Å². The van der Waals surface area contributed by atoms with Crippen molar-refractivity contribution in [2.75, 3.05) is 5.73 Å². The van der Waals surface area contributed by atoms with E-state index in [4.69, 9.17) is 17.3 Å². The van der Waals surface area contributed by atoms with Gasteiger partial charge in [-0.3, -0.25) is 0 Å². The SMILES string of the molecule is CC.Nc1cc(Br)c(Cl)cn1. The second-order valence-electron chi connectivity index (χ2n) is 1.52. The van der Waals surface area contributed by atoms with Crippen molar-refractivity contribution in [1.82, 2.24) is 4.98 Å². The Labute approximate surface area is 79.9 Å². The molecule has 0 unspecified atom stereocenters. The van der Waals surface area contributed by atoms with Crippen LogP contribution >= 0.6 is 27.5 Å². The van der Waals surface area contributed by atoms with Crippen LogP contribution in [0.1, 0.15) is 13.8 Å². The summed E-state index contributed by atoms with van der Waals surface area (Å²) < 4.78 is 0.775. The van der Waals surface area contributed by atoms with Crippen molar-refractivity contribution in [3.05, 3.63) is 21.8 Å². The summed E-state index contributed by atoms with van der Waals surface area (Å²) in [7, 11) is 0. The summed E-state index contributed by atoms with van der Waals surface area (Å²) in [6, 6.07) is 1.66. The standard InChI is InChI=1S/C5H4BrClN2.C2H6/c6-3-1-5(8)9-2-4(3)7;1-2/h1-2H,(H2,8,9);1-2H3. The van der Waals surface area contributed by atoms with E-state index in [1.807, 2.05) is 13.8 Å². The minimum absolute atomic E-state index is 0.464. The molecule has 62 valence electrons. The first kappa shape index (κ1) is 10.7. The van der Waals surface area contributed by atoms with E-state index in [0.29, 0.717) is 10.8 Å². The molecule has 4 heteroatoms. The van der Waals surface area contributed by atoms with Gasteiger partial charge in [-0.2, -0.15) is 0 Å². The van der Waals surface area contributed by atoms with Gasteiger partial charge in [0, 0.05) is 10.7 Å². The maximum atomic E-state index is 5.62. The van der Waals surface area contributed by atoms with Crippen molar-refractivity contribution in [3.8, 4) is 0 Å². The molecule has 11 heavy (non-hydrogen) atoms. The van der Waals surface area contributed by atoms with Gasteiger partial charge in [-0.05, 0) is 22.0 Å². The van der Waals surface area contributed by atoms with E-state index in [1.54, 1.807) is 6.07 Å². The van der Waals surface area contributed by atoms with Crippen LogP contribution in [0.4, 0.5) is 5.82 Å². The molecule has 2 N–H and O–H groups in total. The Balaban J connectivity index is 0.000000461. The first-order chi connectivity index (χ1) is 5.20. The van der Waals surface area contributed by atoms with Crippen molar-refractivity contribution in [2.45, 2.75) is 13.8 Å². The highest BCUT2D eigenvalue weighted by Crippen LogP contribution is 2.21. The van der Waals surface area contributed by atoms with E-state index in [2.05, 4.69) is 20.9 Å². The van der Waals surface area contributed by atoms with Gasteiger partial charge in [0.05, 0.1) is 5.02 Å². The Morgan fingerprint density at radius 3 is 2.45 bits per heavy atom. The monoisotopic (exact) mass is 236 g/mol. The highest BCUT2D eigenvalue weighted by molar-refractivity contribution is 9.10. The fourth-order valence-corrected chi connectivity index (χ4v) is 0.869. The lowest BCUT2D eigenvalue weighted by atomic mass is 10.5. The number of hydrogen-bond acceptors (Lipinski definition) is 2. The lowest BCUT2D eigenvalue weighted by molar-refractivity contribution is 1.32. The lowest BCUT2D eigenvalue weighted by Gasteiger charge is -1.93. The largest absolute Gasteiger partial charge is 0.384 e. The third-order valence-corrected chi connectivity index (χ3v) is 2.02. The van der Waals surface area contributed by atoms with Gasteiger partial charge in [-0.25, -0.2) is 4.98 Å². The second-order valence-corrected chi connectivity index (χ2v) is 2.78. The fourth-order valence-electron chi connectivity index (χ4n) is 0.429. The quantitative estimate of drug-likeness (QED) is 0.753. The Kier molecular flexibility index (Phi) is 5.24. The van der Waals surface area contributed by atoms with Gasteiger partial charge in [0.25, 0.3) is 0 Å².